The third kappa shape index (κ3) is 6.53. The molecule has 1 saturated heterocycles. The van der Waals surface area contributed by atoms with Gasteiger partial charge in [-0.05, 0) is 38.3 Å². The third-order valence-corrected chi connectivity index (χ3v) is 7.15. The van der Waals surface area contributed by atoms with E-state index in [0.29, 0.717) is 23.3 Å². The number of amides is 3. The predicted molar refractivity (Wildman–Crippen MR) is 137 cm³/mol. The highest BCUT2D eigenvalue weighted by Crippen LogP contribution is 2.41. The molecule has 0 bridgehead atoms. The zero-order valence-electron chi connectivity index (χ0n) is 20.8. The van der Waals surface area contributed by atoms with Crippen molar-refractivity contribution in [2.45, 2.75) is 63.6 Å². The number of thioether (sulfide) groups is 1. The molecule has 2 heterocycles. The maximum atomic E-state index is 13.3. The van der Waals surface area contributed by atoms with Crippen molar-refractivity contribution >= 4 is 47.2 Å². The van der Waals surface area contributed by atoms with Gasteiger partial charge in [0.2, 0.25) is 5.91 Å². The summed E-state index contributed by atoms with van der Waals surface area (Å²) in [5.41, 5.74) is 0.533. The maximum Gasteiger partial charge on any atom is 0.408 e. The average molecular weight is 538 g/mol. The second-order valence-corrected chi connectivity index (χ2v) is 10.8. The van der Waals surface area contributed by atoms with Crippen molar-refractivity contribution in [1.82, 2.24) is 15.5 Å². The Kier molecular flexibility index (Phi) is 9.30. The largest absolute Gasteiger partial charge is 0.455 e. The molecule has 1 aromatic rings. The Hall–Kier alpha value is -2.72. The SMILES string of the molecule is CCCCOC(=O)NC(C(=O)N[C@@H]1C(=O)N2C(C(=O)OC(C)(C)C)=C(CCl)CS[C@H]12)c1ccccc1. The Labute approximate surface area is 220 Å². The Bertz CT molecular complexity index is 1030. The molecule has 2 aliphatic rings. The number of carbonyl (C=O) groups is 4. The fraction of sp³-hybridized carbons (Fsp3) is 0.520. The number of alkyl halides is 1. The van der Waals surface area contributed by atoms with Gasteiger partial charge in [0, 0.05) is 11.6 Å². The van der Waals surface area contributed by atoms with Crippen molar-refractivity contribution in [1.29, 1.82) is 0 Å². The summed E-state index contributed by atoms with van der Waals surface area (Å²) in [6.07, 6.45) is 0.849. The van der Waals surface area contributed by atoms with E-state index in [9.17, 15) is 19.2 Å². The molecule has 9 nitrogen and oxygen atoms in total. The first kappa shape index (κ1) is 27.9. The Balaban J connectivity index is 1.75. The summed E-state index contributed by atoms with van der Waals surface area (Å²) < 4.78 is 10.7. The van der Waals surface area contributed by atoms with Crippen LogP contribution in [0.15, 0.2) is 41.6 Å². The second-order valence-electron chi connectivity index (χ2n) is 9.46. The number of nitrogens with zero attached hydrogens (tertiary/aromatic N) is 1. The minimum Gasteiger partial charge on any atom is -0.455 e. The number of carbonyl (C=O) groups excluding carboxylic acids is 4. The molecule has 0 spiro atoms. The smallest absolute Gasteiger partial charge is 0.408 e. The van der Waals surface area contributed by atoms with Crippen molar-refractivity contribution in [3.63, 3.8) is 0 Å². The highest BCUT2D eigenvalue weighted by Gasteiger charge is 2.55. The normalized spacial score (nSPS) is 20.1. The van der Waals surface area contributed by atoms with E-state index in [4.69, 9.17) is 21.1 Å². The number of halogens is 1. The van der Waals surface area contributed by atoms with Crippen LogP contribution in [-0.4, -0.2) is 64.0 Å². The van der Waals surface area contributed by atoms with E-state index in [2.05, 4.69) is 10.6 Å². The molecule has 2 N–H and O–H groups in total. The molecular formula is C25H32ClN3O6S. The molecule has 1 unspecified atom stereocenters. The van der Waals surface area contributed by atoms with Crippen LogP contribution in [-0.2, 0) is 23.9 Å². The van der Waals surface area contributed by atoms with E-state index >= 15 is 0 Å². The summed E-state index contributed by atoms with van der Waals surface area (Å²) >= 11 is 7.46. The third-order valence-electron chi connectivity index (χ3n) is 5.49. The molecule has 3 rings (SSSR count). The summed E-state index contributed by atoms with van der Waals surface area (Å²) in [5.74, 6) is -1.13. The number of hydrogen-bond donors (Lipinski definition) is 2. The maximum absolute atomic E-state index is 13.3. The molecule has 3 atom stereocenters. The second kappa shape index (κ2) is 12.0. The van der Waals surface area contributed by atoms with Gasteiger partial charge in [0.05, 0.1) is 6.61 Å². The van der Waals surface area contributed by atoms with Gasteiger partial charge in [0.1, 0.15) is 28.8 Å². The zero-order valence-corrected chi connectivity index (χ0v) is 22.4. The monoisotopic (exact) mass is 537 g/mol. The first-order valence-corrected chi connectivity index (χ1v) is 13.4. The minimum absolute atomic E-state index is 0.0786. The highest BCUT2D eigenvalue weighted by molar-refractivity contribution is 8.00. The van der Waals surface area contributed by atoms with Gasteiger partial charge >= 0.3 is 12.1 Å². The number of β-lactam (4-membered cyclic amide) rings is 1. The average Bonchev–Trinajstić information content (AvgIpc) is 2.84. The van der Waals surface area contributed by atoms with Crippen LogP contribution in [0.5, 0.6) is 0 Å². The first-order valence-electron chi connectivity index (χ1n) is 11.8. The van der Waals surface area contributed by atoms with E-state index in [1.54, 1.807) is 51.1 Å². The number of ether oxygens (including phenoxy) is 2. The zero-order chi connectivity index (χ0) is 26.5. The molecule has 0 aliphatic carbocycles. The topological polar surface area (TPSA) is 114 Å². The lowest BCUT2D eigenvalue weighted by Gasteiger charge is -2.50. The Morgan fingerprint density at radius 3 is 2.53 bits per heavy atom. The molecule has 196 valence electrons. The van der Waals surface area contributed by atoms with Crippen LogP contribution in [0.2, 0.25) is 0 Å². The van der Waals surface area contributed by atoms with Crippen LogP contribution in [0.3, 0.4) is 0 Å². The van der Waals surface area contributed by atoms with E-state index < -0.39 is 46.9 Å². The summed E-state index contributed by atoms with van der Waals surface area (Å²) in [7, 11) is 0. The van der Waals surface area contributed by atoms with E-state index in [1.807, 2.05) is 6.92 Å². The van der Waals surface area contributed by atoms with Crippen LogP contribution in [0.25, 0.3) is 0 Å². The van der Waals surface area contributed by atoms with Crippen molar-refractivity contribution in [3.8, 4) is 0 Å². The first-order chi connectivity index (χ1) is 17.1. The van der Waals surface area contributed by atoms with Crippen molar-refractivity contribution < 1.29 is 28.7 Å². The Morgan fingerprint density at radius 1 is 1.22 bits per heavy atom. The Morgan fingerprint density at radius 2 is 1.92 bits per heavy atom. The fourth-order valence-electron chi connectivity index (χ4n) is 3.75. The number of hydrogen-bond acceptors (Lipinski definition) is 7. The number of alkyl carbamates (subject to hydrolysis) is 1. The predicted octanol–water partition coefficient (Wildman–Crippen LogP) is 3.49. The van der Waals surface area contributed by atoms with E-state index in [-0.39, 0.29) is 18.2 Å². The van der Waals surface area contributed by atoms with Crippen molar-refractivity contribution in [2.24, 2.45) is 0 Å². The summed E-state index contributed by atoms with van der Waals surface area (Å²) in [5, 5.41) is 4.85. The number of nitrogens with one attached hydrogen (secondary N) is 2. The van der Waals surface area contributed by atoms with Crippen LogP contribution >= 0.6 is 23.4 Å². The van der Waals surface area contributed by atoms with Crippen molar-refractivity contribution in [3.05, 3.63) is 47.2 Å². The molecule has 1 aromatic carbocycles. The van der Waals surface area contributed by atoms with Gasteiger partial charge in [-0.3, -0.25) is 14.5 Å². The van der Waals surface area contributed by atoms with Gasteiger partial charge in [-0.15, -0.1) is 23.4 Å². The highest BCUT2D eigenvalue weighted by atomic mass is 35.5. The van der Waals surface area contributed by atoms with Gasteiger partial charge in [-0.2, -0.15) is 0 Å². The van der Waals surface area contributed by atoms with Gasteiger partial charge in [0.25, 0.3) is 5.91 Å². The molecule has 0 radical (unpaired) electrons. The molecular weight excluding hydrogens is 506 g/mol. The minimum atomic E-state index is -1.06. The number of rotatable bonds is 9. The fourth-order valence-corrected chi connectivity index (χ4v) is 5.43. The molecule has 2 aliphatic heterocycles. The summed E-state index contributed by atoms with van der Waals surface area (Å²) in [6, 6.07) is 6.77. The lowest BCUT2D eigenvalue weighted by molar-refractivity contribution is -0.159. The standard InChI is InChI=1S/C25H32ClN3O6S/c1-5-6-12-34-24(33)28-17(15-10-8-7-9-11-15)20(30)27-18-21(31)29-19(23(32)35-25(2,3)4)16(13-26)14-36-22(18)29/h7-11,17-18,22H,5-6,12-14H2,1-4H3,(H,27,30)(H,28,33)/t17?,18-,22-/m1/s1. The lowest BCUT2D eigenvalue weighted by atomic mass is 10.0. The quantitative estimate of drug-likeness (QED) is 0.214. The van der Waals surface area contributed by atoms with Crippen LogP contribution < -0.4 is 10.6 Å². The van der Waals surface area contributed by atoms with Gasteiger partial charge in [-0.25, -0.2) is 9.59 Å². The molecule has 36 heavy (non-hydrogen) atoms. The van der Waals surface area contributed by atoms with Crippen molar-refractivity contribution in [2.75, 3.05) is 18.2 Å². The number of fused-ring (bicyclic) bond motifs is 1. The molecule has 3 amide bonds. The van der Waals surface area contributed by atoms with Crippen LogP contribution in [0, 0.1) is 0 Å². The molecule has 11 heteroatoms. The number of benzene rings is 1. The van der Waals surface area contributed by atoms with Crippen LogP contribution in [0.1, 0.15) is 52.1 Å². The van der Waals surface area contributed by atoms with Crippen LogP contribution in [0.4, 0.5) is 4.79 Å². The van der Waals surface area contributed by atoms with Gasteiger partial charge < -0.3 is 20.1 Å². The van der Waals surface area contributed by atoms with E-state index in [0.717, 1.165) is 6.42 Å². The summed E-state index contributed by atoms with van der Waals surface area (Å²) in [4.78, 5) is 52.9. The van der Waals surface area contributed by atoms with Gasteiger partial charge in [-0.1, -0.05) is 43.7 Å². The van der Waals surface area contributed by atoms with Gasteiger partial charge in [0.15, 0.2) is 0 Å². The molecule has 0 saturated carbocycles. The summed E-state index contributed by atoms with van der Waals surface area (Å²) in [6.45, 7) is 7.44. The molecule has 0 aromatic heterocycles. The van der Waals surface area contributed by atoms with E-state index in [1.165, 1.54) is 16.7 Å². The number of unbranched alkanes of at least 4 members (excludes halogenated alkanes) is 1. The lowest BCUT2D eigenvalue weighted by Crippen LogP contribution is -2.71. The number of esters is 1. The molecule has 1 fully saturated rings.